The summed E-state index contributed by atoms with van der Waals surface area (Å²) in [5.74, 6) is 0. The van der Waals surface area contributed by atoms with E-state index in [9.17, 15) is 0 Å². The number of hydrogen-bond donors (Lipinski definition) is 1. The van der Waals surface area contributed by atoms with Crippen LogP contribution in [0.2, 0.25) is 0 Å². The summed E-state index contributed by atoms with van der Waals surface area (Å²) >= 11 is 0. The SMILES string of the molecule is CC1=Cc2nc[nH]c2CC1.[HH]. The molecule has 2 heteroatoms. The lowest BCUT2D eigenvalue weighted by Crippen LogP contribution is -1.95. The minimum Gasteiger partial charge on any atom is -0.348 e. The lowest BCUT2D eigenvalue weighted by molar-refractivity contribution is 0.896. The van der Waals surface area contributed by atoms with E-state index in [2.05, 4.69) is 23.0 Å². The Balaban J connectivity index is 0.000000605. The Morgan fingerprint density at radius 2 is 2.50 bits per heavy atom. The molecule has 1 aromatic heterocycles. The number of hydrogen-bond acceptors (Lipinski definition) is 1. The number of aryl methyl sites for hydroxylation is 1. The van der Waals surface area contributed by atoms with Crippen molar-refractivity contribution >= 4 is 6.08 Å². The summed E-state index contributed by atoms with van der Waals surface area (Å²) in [6, 6.07) is 0. The third-order valence-corrected chi connectivity index (χ3v) is 1.90. The average Bonchev–Trinajstić information content (AvgIpc) is 2.33. The molecule has 0 saturated carbocycles. The van der Waals surface area contributed by atoms with E-state index in [0.29, 0.717) is 0 Å². The van der Waals surface area contributed by atoms with Crippen molar-refractivity contribution in [3.05, 3.63) is 23.3 Å². The van der Waals surface area contributed by atoms with Crippen LogP contribution in [0.25, 0.3) is 6.08 Å². The van der Waals surface area contributed by atoms with Gasteiger partial charge in [0, 0.05) is 7.12 Å². The third-order valence-electron chi connectivity index (χ3n) is 1.90. The second-order valence-electron chi connectivity index (χ2n) is 2.76. The molecule has 10 heavy (non-hydrogen) atoms. The van der Waals surface area contributed by atoms with Gasteiger partial charge in [0.1, 0.15) is 0 Å². The zero-order valence-corrected chi connectivity index (χ0v) is 6.02. The zero-order valence-electron chi connectivity index (χ0n) is 6.02. The summed E-state index contributed by atoms with van der Waals surface area (Å²) in [7, 11) is 0. The first kappa shape index (κ1) is 5.71. The van der Waals surface area contributed by atoms with Gasteiger partial charge in [-0.2, -0.15) is 0 Å². The molecular weight excluding hydrogens is 124 g/mol. The Kier molecular flexibility index (Phi) is 1.13. The number of allylic oxidation sites excluding steroid dienone is 1. The summed E-state index contributed by atoms with van der Waals surface area (Å²) < 4.78 is 0. The van der Waals surface area contributed by atoms with Crippen molar-refractivity contribution < 1.29 is 1.43 Å². The molecule has 0 aromatic carbocycles. The molecule has 1 N–H and O–H groups in total. The normalized spacial score (nSPS) is 16.3. The van der Waals surface area contributed by atoms with Crippen LogP contribution < -0.4 is 0 Å². The van der Waals surface area contributed by atoms with Gasteiger partial charge in [-0.1, -0.05) is 5.57 Å². The highest BCUT2D eigenvalue weighted by molar-refractivity contribution is 5.53. The van der Waals surface area contributed by atoms with Crippen molar-refractivity contribution in [1.29, 1.82) is 0 Å². The Morgan fingerprint density at radius 1 is 1.60 bits per heavy atom. The van der Waals surface area contributed by atoms with E-state index in [1.54, 1.807) is 6.33 Å². The molecule has 1 aromatic rings. The van der Waals surface area contributed by atoms with Gasteiger partial charge in [-0.25, -0.2) is 4.98 Å². The number of nitrogens with one attached hydrogen (secondary N) is 1. The van der Waals surface area contributed by atoms with Crippen LogP contribution in [0.1, 0.15) is 26.2 Å². The van der Waals surface area contributed by atoms with E-state index >= 15 is 0 Å². The van der Waals surface area contributed by atoms with Crippen molar-refractivity contribution in [3.8, 4) is 0 Å². The van der Waals surface area contributed by atoms with Gasteiger partial charge in [0.25, 0.3) is 0 Å². The molecule has 2 rings (SSSR count). The summed E-state index contributed by atoms with van der Waals surface area (Å²) in [6.45, 7) is 2.15. The van der Waals surface area contributed by atoms with Crippen molar-refractivity contribution in [1.82, 2.24) is 9.97 Å². The molecule has 0 amide bonds. The molecule has 0 fully saturated rings. The third kappa shape index (κ3) is 0.764. The van der Waals surface area contributed by atoms with Crippen LogP contribution in [-0.2, 0) is 6.42 Å². The van der Waals surface area contributed by atoms with E-state index in [-0.39, 0.29) is 1.43 Å². The van der Waals surface area contributed by atoms with Crippen molar-refractivity contribution in [3.63, 3.8) is 0 Å². The second kappa shape index (κ2) is 1.97. The maximum Gasteiger partial charge on any atom is 0.0929 e. The molecule has 0 unspecified atom stereocenters. The molecular formula is C8H12N2. The molecule has 0 aliphatic heterocycles. The number of fused-ring (bicyclic) bond motifs is 1. The molecule has 0 spiro atoms. The Bertz CT molecular complexity index is 275. The first-order valence-electron chi connectivity index (χ1n) is 3.55. The predicted molar refractivity (Wildman–Crippen MR) is 42.7 cm³/mol. The standard InChI is InChI=1S/C8H10N2.H2/c1-6-2-3-7-8(4-6)10-5-9-7;/h4-5H,2-3H2,1H3,(H,9,10);1H. The number of nitrogens with zero attached hydrogens (tertiary/aromatic N) is 1. The molecule has 0 saturated heterocycles. The quantitative estimate of drug-likeness (QED) is 0.580. The van der Waals surface area contributed by atoms with E-state index in [1.807, 2.05) is 0 Å². The molecule has 1 aliphatic carbocycles. The highest BCUT2D eigenvalue weighted by Gasteiger charge is 2.08. The van der Waals surface area contributed by atoms with Gasteiger partial charge < -0.3 is 4.98 Å². The Labute approximate surface area is 61.5 Å². The molecule has 1 heterocycles. The van der Waals surface area contributed by atoms with Crippen LogP contribution in [0.5, 0.6) is 0 Å². The molecule has 0 radical (unpaired) electrons. The number of H-pyrrole nitrogens is 1. The number of imidazole rings is 1. The maximum absolute atomic E-state index is 4.18. The van der Waals surface area contributed by atoms with E-state index in [0.717, 1.165) is 12.1 Å². The van der Waals surface area contributed by atoms with Gasteiger partial charge >= 0.3 is 0 Å². The van der Waals surface area contributed by atoms with Crippen molar-refractivity contribution in [2.75, 3.05) is 0 Å². The number of rotatable bonds is 0. The minimum absolute atomic E-state index is 0. The van der Waals surface area contributed by atoms with Crippen LogP contribution in [0.4, 0.5) is 0 Å². The minimum atomic E-state index is 0. The van der Waals surface area contributed by atoms with Gasteiger partial charge in [0.15, 0.2) is 0 Å². The van der Waals surface area contributed by atoms with Crippen molar-refractivity contribution in [2.24, 2.45) is 0 Å². The highest BCUT2D eigenvalue weighted by Crippen LogP contribution is 2.19. The van der Waals surface area contributed by atoms with E-state index in [4.69, 9.17) is 0 Å². The molecule has 2 nitrogen and oxygen atoms in total. The van der Waals surface area contributed by atoms with E-state index < -0.39 is 0 Å². The summed E-state index contributed by atoms with van der Waals surface area (Å²) in [5, 5.41) is 0. The summed E-state index contributed by atoms with van der Waals surface area (Å²) in [5.41, 5.74) is 3.84. The number of aromatic amines is 1. The predicted octanol–water partition coefficient (Wildman–Crippen LogP) is 2.01. The van der Waals surface area contributed by atoms with Crippen LogP contribution in [0.15, 0.2) is 11.9 Å². The Hall–Kier alpha value is -1.05. The molecule has 54 valence electrons. The van der Waals surface area contributed by atoms with Crippen molar-refractivity contribution in [2.45, 2.75) is 19.8 Å². The average molecular weight is 136 g/mol. The first-order valence-corrected chi connectivity index (χ1v) is 3.55. The van der Waals surface area contributed by atoms with Crippen LogP contribution in [0.3, 0.4) is 0 Å². The summed E-state index contributed by atoms with van der Waals surface area (Å²) in [6.07, 6.45) is 6.21. The topological polar surface area (TPSA) is 28.7 Å². The van der Waals surface area contributed by atoms with Gasteiger partial charge in [-0.3, -0.25) is 0 Å². The maximum atomic E-state index is 4.18. The first-order chi connectivity index (χ1) is 4.86. The summed E-state index contributed by atoms with van der Waals surface area (Å²) in [4.78, 5) is 7.30. The molecule has 1 aliphatic rings. The van der Waals surface area contributed by atoms with E-state index in [1.165, 1.54) is 17.7 Å². The van der Waals surface area contributed by atoms with Gasteiger partial charge in [0.2, 0.25) is 0 Å². The number of aromatic nitrogens is 2. The molecule has 0 atom stereocenters. The largest absolute Gasteiger partial charge is 0.348 e. The fraction of sp³-hybridized carbons (Fsp3) is 0.375. The highest BCUT2D eigenvalue weighted by atomic mass is 14.9. The monoisotopic (exact) mass is 136 g/mol. The smallest absolute Gasteiger partial charge is 0.0929 e. The Morgan fingerprint density at radius 3 is 3.40 bits per heavy atom. The zero-order chi connectivity index (χ0) is 6.97. The van der Waals surface area contributed by atoms with Crippen LogP contribution >= 0.6 is 0 Å². The lowest BCUT2D eigenvalue weighted by atomic mass is 10.0. The lowest BCUT2D eigenvalue weighted by Gasteiger charge is -2.06. The molecule has 0 bridgehead atoms. The van der Waals surface area contributed by atoms with Gasteiger partial charge in [-0.15, -0.1) is 0 Å². The van der Waals surface area contributed by atoms with Gasteiger partial charge in [0.05, 0.1) is 12.0 Å². The fourth-order valence-corrected chi connectivity index (χ4v) is 1.28. The van der Waals surface area contributed by atoms with Crippen LogP contribution in [0, 0.1) is 0 Å². The second-order valence-corrected chi connectivity index (χ2v) is 2.76. The van der Waals surface area contributed by atoms with Crippen LogP contribution in [-0.4, -0.2) is 9.97 Å². The van der Waals surface area contributed by atoms with Gasteiger partial charge in [-0.05, 0) is 25.8 Å². The fourth-order valence-electron chi connectivity index (χ4n) is 1.28.